The first-order valence-corrected chi connectivity index (χ1v) is 20.3. The molecule has 0 saturated heterocycles. The second-order valence-electron chi connectivity index (χ2n) is 14.9. The van der Waals surface area contributed by atoms with Crippen molar-refractivity contribution in [2.75, 3.05) is 20.6 Å². The van der Waals surface area contributed by atoms with Crippen molar-refractivity contribution in [1.82, 2.24) is 0 Å². The van der Waals surface area contributed by atoms with Crippen LogP contribution in [0, 0.1) is 0 Å². The summed E-state index contributed by atoms with van der Waals surface area (Å²) in [7, 11) is -0.786. The normalized spacial score (nSPS) is 12.3. The molecule has 0 radical (unpaired) electrons. The Hall–Kier alpha value is -1.04. The van der Waals surface area contributed by atoms with Gasteiger partial charge in [-0.2, -0.15) is 0 Å². The summed E-state index contributed by atoms with van der Waals surface area (Å²) in [6, 6.07) is 7.48. The number of benzene rings is 1. The van der Waals surface area contributed by atoms with Crippen LogP contribution in [0.5, 0.6) is 0 Å². The van der Waals surface area contributed by atoms with E-state index in [1.807, 2.05) is 0 Å². The number of hydrogen-bond acceptors (Lipinski definition) is 0. The van der Waals surface area contributed by atoms with E-state index in [0.717, 1.165) is 0 Å². The molecule has 1 nitrogen and oxygen atoms in total. The molecule has 47 heavy (non-hydrogen) atoms. The van der Waals surface area contributed by atoms with E-state index >= 15 is 0 Å². The summed E-state index contributed by atoms with van der Waals surface area (Å²) in [5.74, 6) is 0. The maximum absolute atomic E-state index is 9.75. The largest absolute Gasteiger partial charge is 0.673 e. The summed E-state index contributed by atoms with van der Waals surface area (Å²) < 4.78 is 40.2. The van der Waals surface area contributed by atoms with Gasteiger partial charge in [0.05, 0.1) is 20.6 Å². The van der Waals surface area contributed by atoms with E-state index in [9.17, 15) is 17.3 Å². The molecule has 0 aliphatic carbocycles. The Bertz CT molecular complexity index is 840. The number of hydrogen-bond donors (Lipinski definition) is 0. The fraction of sp³-hybridized carbons (Fsp3) is 0.854. The van der Waals surface area contributed by atoms with Crippen LogP contribution in [0.3, 0.4) is 0 Å². The first-order valence-electron chi connectivity index (χ1n) is 20.3. The zero-order chi connectivity index (χ0) is 35.4. The molecular formula is C41H78BF4N. The van der Waals surface area contributed by atoms with Crippen molar-refractivity contribution >= 4 is 7.25 Å². The zero-order valence-electron chi connectivity index (χ0n) is 32.4. The quantitative estimate of drug-likeness (QED) is 0.0344. The summed E-state index contributed by atoms with van der Waals surface area (Å²) in [6.07, 6.45) is 35.9. The van der Waals surface area contributed by atoms with Crippen LogP contribution in [-0.4, -0.2) is 32.4 Å². The van der Waals surface area contributed by atoms with Crippen LogP contribution in [-0.2, 0) is 18.4 Å². The van der Waals surface area contributed by atoms with Crippen LogP contribution < -0.4 is 0 Å². The number of aryl methyl sites for hydroxylation is 1. The number of unbranched alkanes of at least 4 members (excludes halogenated alkanes) is 17. The smallest absolute Gasteiger partial charge is 0.418 e. The molecule has 0 unspecified atom stereocenters. The standard InChI is InChI=1S/C41H78N.BF4/c1-8-13-18-19-20-21-22-23-24-25-26-27-28-29-37-42(6,7)41(35-16-11-4,36-17-12-5)40-34-30-32-38(31-14-9-2)39(40)33-15-10-3;2-1(3,4)5/h30,32,34H,8-29,31,33,35-37H2,1-7H3;/q+1;-1. The van der Waals surface area contributed by atoms with Crippen LogP contribution >= 0.6 is 0 Å². The first kappa shape index (κ1) is 46.0. The Kier molecular flexibility index (Phi) is 27.1. The molecule has 0 aliphatic rings. The Labute approximate surface area is 291 Å². The lowest BCUT2D eigenvalue weighted by atomic mass is 9.73. The second-order valence-corrected chi connectivity index (χ2v) is 14.9. The predicted octanol–water partition coefficient (Wildman–Crippen LogP) is 14.8. The van der Waals surface area contributed by atoms with Crippen LogP contribution in [0.25, 0.3) is 0 Å². The van der Waals surface area contributed by atoms with Crippen molar-refractivity contribution in [3.63, 3.8) is 0 Å². The number of quaternary nitrogens is 1. The molecule has 1 rings (SSSR count). The van der Waals surface area contributed by atoms with Crippen LogP contribution in [0.1, 0.15) is 205 Å². The van der Waals surface area contributed by atoms with Gasteiger partial charge in [-0.25, -0.2) is 0 Å². The average Bonchev–Trinajstić information content (AvgIpc) is 3.02. The van der Waals surface area contributed by atoms with Crippen LogP contribution in [0.4, 0.5) is 17.3 Å². The van der Waals surface area contributed by atoms with Crippen molar-refractivity contribution in [3.8, 4) is 0 Å². The van der Waals surface area contributed by atoms with E-state index in [1.165, 1.54) is 178 Å². The van der Waals surface area contributed by atoms with Gasteiger partial charge in [0.15, 0.2) is 0 Å². The third kappa shape index (κ3) is 20.9. The minimum atomic E-state index is -6.00. The monoisotopic (exact) mass is 672 g/mol. The zero-order valence-corrected chi connectivity index (χ0v) is 32.4. The third-order valence-corrected chi connectivity index (χ3v) is 10.5. The minimum absolute atomic E-state index is 0.244. The highest BCUT2D eigenvalue weighted by molar-refractivity contribution is 6.50. The lowest BCUT2D eigenvalue weighted by Crippen LogP contribution is -2.58. The molecule has 0 N–H and O–H groups in total. The van der Waals surface area contributed by atoms with Crippen molar-refractivity contribution in [1.29, 1.82) is 0 Å². The second kappa shape index (κ2) is 27.7. The molecule has 0 bridgehead atoms. The van der Waals surface area contributed by atoms with Crippen molar-refractivity contribution in [3.05, 3.63) is 34.9 Å². The van der Waals surface area contributed by atoms with E-state index in [1.54, 1.807) is 16.7 Å². The predicted molar refractivity (Wildman–Crippen MR) is 202 cm³/mol. The molecule has 1 aromatic carbocycles. The molecule has 0 spiro atoms. The van der Waals surface area contributed by atoms with Crippen LogP contribution in [0.2, 0.25) is 0 Å². The summed E-state index contributed by atoms with van der Waals surface area (Å²) in [4.78, 5) is 0. The highest BCUT2D eigenvalue weighted by Crippen LogP contribution is 2.45. The van der Waals surface area contributed by atoms with E-state index in [4.69, 9.17) is 0 Å². The fourth-order valence-electron chi connectivity index (χ4n) is 7.50. The van der Waals surface area contributed by atoms with E-state index in [0.29, 0.717) is 0 Å². The van der Waals surface area contributed by atoms with Gasteiger partial charge < -0.3 is 21.7 Å². The van der Waals surface area contributed by atoms with Crippen molar-refractivity contribution < 1.29 is 21.7 Å². The molecule has 0 saturated carbocycles. The van der Waals surface area contributed by atoms with E-state index in [-0.39, 0.29) is 5.54 Å². The van der Waals surface area contributed by atoms with Gasteiger partial charge in [-0.15, -0.1) is 0 Å². The Morgan fingerprint density at radius 2 is 0.894 bits per heavy atom. The lowest BCUT2D eigenvalue weighted by molar-refractivity contribution is -0.951. The topological polar surface area (TPSA) is 0 Å². The van der Waals surface area contributed by atoms with E-state index < -0.39 is 7.25 Å². The molecule has 1 aromatic rings. The number of nitrogens with zero attached hydrogens (tertiary/aromatic N) is 1. The summed E-state index contributed by atoms with van der Waals surface area (Å²) in [5.41, 5.74) is 5.39. The molecule has 0 amide bonds. The fourth-order valence-corrected chi connectivity index (χ4v) is 7.50. The SMILES string of the molecule is CCCCCCCCCCCCCCCC[N+](C)(C)C(CCCC)(CCCC)c1cccc(CCCC)c1CCCC.F[B-](F)(F)F. The molecule has 0 aromatic heterocycles. The molecule has 0 fully saturated rings. The Balaban J connectivity index is 0.00000391. The van der Waals surface area contributed by atoms with Gasteiger partial charge in [-0.05, 0) is 62.5 Å². The summed E-state index contributed by atoms with van der Waals surface area (Å²) in [6.45, 7) is 13.1. The van der Waals surface area contributed by atoms with Gasteiger partial charge in [0.25, 0.3) is 0 Å². The molecular weight excluding hydrogens is 593 g/mol. The first-order chi connectivity index (χ1) is 22.4. The minimum Gasteiger partial charge on any atom is -0.418 e. The highest BCUT2D eigenvalue weighted by atomic mass is 19.5. The van der Waals surface area contributed by atoms with Crippen molar-refractivity contribution in [2.24, 2.45) is 0 Å². The van der Waals surface area contributed by atoms with Gasteiger partial charge in [0.2, 0.25) is 0 Å². The maximum atomic E-state index is 9.75. The van der Waals surface area contributed by atoms with Crippen molar-refractivity contribution in [2.45, 2.75) is 207 Å². The number of halogens is 4. The molecule has 0 atom stereocenters. The van der Waals surface area contributed by atoms with E-state index in [2.05, 4.69) is 66.9 Å². The lowest BCUT2D eigenvalue weighted by Gasteiger charge is -2.51. The summed E-state index contributed by atoms with van der Waals surface area (Å²) >= 11 is 0. The van der Waals surface area contributed by atoms with Gasteiger partial charge in [0, 0.05) is 18.4 Å². The summed E-state index contributed by atoms with van der Waals surface area (Å²) in [5, 5.41) is 0. The molecule has 6 heteroatoms. The van der Waals surface area contributed by atoms with Gasteiger partial charge >= 0.3 is 7.25 Å². The highest BCUT2D eigenvalue weighted by Gasteiger charge is 2.47. The molecule has 278 valence electrons. The number of rotatable bonds is 29. The third-order valence-electron chi connectivity index (χ3n) is 10.5. The Morgan fingerprint density at radius 1 is 0.511 bits per heavy atom. The molecule has 0 aliphatic heterocycles. The van der Waals surface area contributed by atoms with Gasteiger partial charge in [0.1, 0.15) is 5.54 Å². The van der Waals surface area contributed by atoms with Gasteiger partial charge in [-0.1, -0.05) is 156 Å². The van der Waals surface area contributed by atoms with Gasteiger partial charge in [-0.3, -0.25) is 0 Å². The Morgan fingerprint density at radius 3 is 1.32 bits per heavy atom. The average molecular weight is 672 g/mol. The molecule has 0 heterocycles. The van der Waals surface area contributed by atoms with Crippen LogP contribution in [0.15, 0.2) is 18.2 Å². The maximum Gasteiger partial charge on any atom is 0.673 e.